The van der Waals surface area contributed by atoms with Gasteiger partial charge in [0.05, 0.1) is 0 Å². The summed E-state index contributed by atoms with van der Waals surface area (Å²) in [6.07, 6.45) is -2.74. The molecule has 0 fully saturated rings. The van der Waals surface area contributed by atoms with Gasteiger partial charge in [-0.1, -0.05) is 12.1 Å². The Balaban J connectivity index is 2.95. The number of ketones is 1. The molecule has 76 valence electrons. The maximum atomic E-state index is 13.1. The summed E-state index contributed by atoms with van der Waals surface area (Å²) in [6.45, 7) is 1.32. The molecule has 1 aromatic carbocycles. The zero-order valence-corrected chi connectivity index (χ0v) is 7.56. The van der Waals surface area contributed by atoms with E-state index in [0.717, 1.165) is 12.1 Å². The van der Waals surface area contributed by atoms with Gasteiger partial charge in [-0.2, -0.15) is 0 Å². The van der Waals surface area contributed by atoms with Crippen molar-refractivity contribution in [1.29, 1.82) is 0 Å². The summed E-state index contributed by atoms with van der Waals surface area (Å²) in [7, 11) is 0. The molecule has 0 saturated carbocycles. The first-order valence-corrected chi connectivity index (χ1v) is 4.06. The molecule has 0 radical (unpaired) electrons. The molecular formula is C10H9F3O. The predicted molar refractivity (Wildman–Crippen MR) is 45.7 cm³/mol. The molecule has 0 aromatic heterocycles. The van der Waals surface area contributed by atoms with Gasteiger partial charge in [-0.3, -0.25) is 4.79 Å². The number of halogens is 3. The zero-order valence-electron chi connectivity index (χ0n) is 7.56. The van der Waals surface area contributed by atoms with Gasteiger partial charge >= 0.3 is 0 Å². The van der Waals surface area contributed by atoms with Crippen molar-refractivity contribution in [3.8, 4) is 0 Å². The van der Waals surface area contributed by atoms with Gasteiger partial charge in [-0.05, 0) is 18.6 Å². The van der Waals surface area contributed by atoms with Gasteiger partial charge < -0.3 is 0 Å². The van der Waals surface area contributed by atoms with Crippen LogP contribution in [0.2, 0.25) is 0 Å². The molecule has 14 heavy (non-hydrogen) atoms. The number of hydrogen-bond acceptors (Lipinski definition) is 1. The summed E-state index contributed by atoms with van der Waals surface area (Å²) >= 11 is 0. The van der Waals surface area contributed by atoms with E-state index in [0.29, 0.717) is 0 Å². The van der Waals surface area contributed by atoms with Crippen LogP contribution >= 0.6 is 0 Å². The van der Waals surface area contributed by atoms with E-state index in [9.17, 15) is 18.0 Å². The van der Waals surface area contributed by atoms with Crippen molar-refractivity contribution in [2.45, 2.75) is 19.8 Å². The second kappa shape index (κ2) is 4.26. The number of benzene rings is 1. The van der Waals surface area contributed by atoms with Crippen molar-refractivity contribution >= 4 is 5.78 Å². The largest absolute Gasteiger partial charge is 0.300 e. The molecule has 0 atom stereocenters. The smallest absolute Gasteiger partial charge is 0.263 e. The molecule has 1 aromatic rings. The predicted octanol–water partition coefficient (Wildman–Crippen LogP) is 2.89. The molecule has 0 N–H and O–H groups in total. The monoisotopic (exact) mass is 202 g/mol. The summed E-state index contributed by atoms with van der Waals surface area (Å²) in [4.78, 5) is 10.7. The molecule has 0 unspecified atom stereocenters. The van der Waals surface area contributed by atoms with Crippen LogP contribution in [-0.2, 0) is 11.2 Å². The van der Waals surface area contributed by atoms with Crippen LogP contribution in [-0.4, -0.2) is 5.78 Å². The maximum absolute atomic E-state index is 13.1. The fourth-order valence-corrected chi connectivity index (χ4v) is 1.11. The zero-order chi connectivity index (χ0) is 10.7. The summed E-state index contributed by atoms with van der Waals surface area (Å²) in [5, 5.41) is 0. The normalized spacial score (nSPS) is 10.6. The first kappa shape index (κ1) is 10.8. The van der Waals surface area contributed by atoms with E-state index in [-0.39, 0.29) is 23.3 Å². The van der Waals surface area contributed by atoms with Crippen LogP contribution in [0.5, 0.6) is 0 Å². The number of alkyl halides is 2. The third-order valence-electron chi connectivity index (χ3n) is 1.77. The van der Waals surface area contributed by atoms with Crippen LogP contribution in [0.15, 0.2) is 18.2 Å². The molecule has 0 heterocycles. The average molecular weight is 202 g/mol. The molecule has 0 spiro atoms. The van der Waals surface area contributed by atoms with E-state index in [1.165, 1.54) is 13.0 Å². The van der Waals surface area contributed by atoms with Gasteiger partial charge in [0.15, 0.2) is 0 Å². The average Bonchev–Trinajstić information content (AvgIpc) is 2.07. The third kappa shape index (κ3) is 2.58. The molecule has 4 heteroatoms. The van der Waals surface area contributed by atoms with Crippen molar-refractivity contribution in [2.75, 3.05) is 0 Å². The van der Waals surface area contributed by atoms with Gasteiger partial charge in [-0.15, -0.1) is 0 Å². The summed E-state index contributed by atoms with van der Waals surface area (Å²) in [5.74, 6) is -0.952. The number of Topliss-reactive ketones (excluding diaryl/α,β-unsaturated/α-hetero) is 1. The Morgan fingerprint density at radius 2 is 2.07 bits per heavy atom. The first-order chi connectivity index (χ1) is 6.50. The molecule has 0 bridgehead atoms. The Kier molecular flexibility index (Phi) is 3.28. The second-order valence-electron chi connectivity index (χ2n) is 3.03. The minimum absolute atomic E-state index is 0.0602. The Bertz CT molecular complexity index is 347. The van der Waals surface area contributed by atoms with E-state index in [4.69, 9.17) is 0 Å². The topological polar surface area (TPSA) is 17.1 Å². The SMILES string of the molecule is CC(=O)Cc1ccc(C(F)F)cc1F. The lowest BCUT2D eigenvalue weighted by molar-refractivity contribution is -0.116. The van der Waals surface area contributed by atoms with Crippen LogP contribution in [0.3, 0.4) is 0 Å². The maximum Gasteiger partial charge on any atom is 0.263 e. The highest BCUT2D eigenvalue weighted by molar-refractivity contribution is 5.78. The fourth-order valence-electron chi connectivity index (χ4n) is 1.11. The fraction of sp³-hybridized carbons (Fsp3) is 0.300. The number of carbonyl (C=O) groups is 1. The van der Waals surface area contributed by atoms with Crippen molar-refractivity contribution in [3.05, 3.63) is 35.1 Å². The highest BCUT2D eigenvalue weighted by Gasteiger charge is 2.11. The second-order valence-corrected chi connectivity index (χ2v) is 3.03. The van der Waals surface area contributed by atoms with E-state index >= 15 is 0 Å². The van der Waals surface area contributed by atoms with Crippen molar-refractivity contribution < 1.29 is 18.0 Å². The number of rotatable bonds is 3. The molecular weight excluding hydrogens is 193 g/mol. The van der Waals surface area contributed by atoms with Crippen LogP contribution in [0.1, 0.15) is 24.5 Å². The molecule has 1 rings (SSSR count). The van der Waals surface area contributed by atoms with Crippen molar-refractivity contribution in [3.63, 3.8) is 0 Å². The summed E-state index contributed by atoms with van der Waals surface area (Å²) < 4.78 is 37.3. The van der Waals surface area contributed by atoms with Gasteiger partial charge in [0.1, 0.15) is 11.6 Å². The van der Waals surface area contributed by atoms with Gasteiger partial charge in [-0.25, -0.2) is 13.2 Å². The molecule has 0 aliphatic heterocycles. The summed E-state index contributed by atoms with van der Waals surface area (Å²) in [6, 6.07) is 3.12. The van der Waals surface area contributed by atoms with E-state index in [1.807, 2.05) is 0 Å². The first-order valence-electron chi connectivity index (χ1n) is 4.06. The van der Waals surface area contributed by atoms with Gasteiger partial charge in [0.25, 0.3) is 6.43 Å². The quantitative estimate of drug-likeness (QED) is 0.736. The summed E-state index contributed by atoms with van der Waals surface area (Å²) in [5.41, 5.74) is -0.211. The lowest BCUT2D eigenvalue weighted by Crippen LogP contribution is -2.00. The van der Waals surface area contributed by atoms with Crippen molar-refractivity contribution in [2.24, 2.45) is 0 Å². The number of carbonyl (C=O) groups excluding carboxylic acids is 1. The molecule has 1 nitrogen and oxygen atoms in total. The molecule has 0 saturated heterocycles. The lowest BCUT2D eigenvalue weighted by atomic mass is 10.1. The van der Waals surface area contributed by atoms with Crippen LogP contribution in [0.4, 0.5) is 13.2 Å². The van der Waals surface area contributed by atoms with E-state index in [2.05, 4.69) is 0 Å². The third-order valence-corrected chi connectivity index (χ3v) is 1.77. The van der Waals surface area contributed by atoms with Crippen LogP contribution < -0.4 is 0 Å². The lowest BCUT2D eigenvalue weighted by Gasteiger charge is -2.03. The van der Waals surface area contributed by atoms with Crippen LogP contribution in [0.25, 0.3) is 0 Å². The number of hydrogen-bond donors (Lipinski definition) is 0. The molecule has 0 amide bonds. The highest BCUT2D eigenvalue weighted by Crippen LogP contribution is 2.21. The van der Waals surface area contributed by atoms with Gasteiger partial charge in [0.2, 0.25) is 0 Å². The Morgan fingerprint density at radius 1 is 1.43 bits per heavy atom. The van der Waals surface area contributed by atoms with E-state index < -0.39 is 12.2 Å². The highest BCUT2D eigenvalue weighted by atomic mass is 19.3. The van der Waals surface area contributed by atoms with Gasteiger partial charge in [0, 0.05) is 12.0 Å². The van der Waals surface area contributed by atoms with E-state index in [1.54, 1.807) is 0 Å². The Morgan fingerprint density at radius 3 is 2.50 bits per heavy atom. The van der Waals surface area contributed by atoms with Crippen molar-refractivity contribution in [1.82, 2.24) is 0 Å². The van der Waals surface area contributed by atoms with Crippen LogP contribution in [0, 0.1) is 5.82 Å². The standard InChI is InChI=1S/C10H9F3O/c1-6(14)4-7-2-3-8(10(12)13)5-9(7)11/h2-3,5,10H,4H2,1H3. The Labute approximate surface area is 79.5 Å². The molecule has 0 aliphatic carbocycles. The molecule has 0 aliphatic rings. The minimum atomic E-state index is -2.68. The minimum Gasteiger partial charge on any atom is -0.300 e. The Hall–Kier alpha value is -1.32.